The van der Waals surface area contributed by atoms with Gasteiger partial charge in [-0.3, -0.25) is 0 Å². The first kappa shape index (κ1) is 8.02. The average Bonchev–Trinajstić information content (AvgIpc) is 2.34. The summed E-state index contributed by atoms with van der Waals surface area (Å²) in [5, 5.41) is 3.41. The Bertz CT molecular complexity index is 87.3. The quantitative estimate of drug-likeness (QED) is 0.637. The van der Waals surface area contributed by atoms with Crippen molar-refractivity contribution in [1.29, 1.82) is 0 Å². The Morgan fingerprint density at radius 1 is 1.60 bits per heavy atom. The van der Waals surface area contributed by atoms with Gasteiger partial charge >= 0.3 is 0 Å². The monoisotopic (exact) mass is 143 g/mol. The molecule has 0 aromatic rings. The molecule has 1 N–H and O–H groups in total. The molecule has 1 rings (SSSR count). The lowest BCUT2D eigenvalue weighted by Crippen LogP contribution is -2.29. The Hall–Kier alpha value is -0.0800. The van der Waals surface area contributed by atoms with Crippen molar-refractivity contribution in [2.75, 3.05) is 19.8 Å². The molecule has 0 aliphatic carbocycles. The summed E-state index contributed by atoms with van der Waals surface area (Å²) in [5.41, 5.74) is 0. The van der Waals surface area contributed by atoms with E-state index in [1.54, 1.807) is 0 Å². The van der Waals surface area contributed by atoms with Gasteiger partial charge in [-0.2, -0.15) is 0 Å². The lowest BCUT2D eigenvalue weighted by Gasteiger charge is -2.11. The zero-order valence-corrected chi connectivity index (χ0v) is 6.89. The first-order valence-corrected chi connectivity index (χ1v) is 4.10. The standard InChI is InChI=1S/C8H17NO/c1-7(2)9-5-8-3-4-10-6-8/h7-9H,3-6H2,1-2H3/t8-/m1/s1. The molecule has 1 atom stereocenters. The molecule has 1 aliphatic rings. The van der Waals surface area contributed by atoms with Crippen LogP contribution in [0.5, 0.6) is 0 Å². The summed E-state index contributed by atoms with van der Waals surface area (Å²) in [6.07, 6.45) is 1.24. The van der Waals surface area contributed by atoms with Crippen LogP contribution in [0.15, 0.2) is 0 Å². The van der Waals surface area contributed by atoms with Crippen LogP contribution in [0.4, 0.5) is 0 Å². The van der Waals surface area contributed by atoms with Crippen molar-refractivity contribution in [3.63, 3.8) is 0 Å². The summed E-state index contributed by atoms with van der Waals surface area (Å²) < 4.78 is 5.25. The van der Waals surface area contributed by atoms with E-state index < -0.39 is 0 Å². The van der Waals surface area contributed by atoms with Gasteiger partial charge < -0.3 is 10.1 Å². The van der Waals surface area contributed by atoms with Gasteiger partial charge in [-0.05, 0) is 12.3 Å². The molecular weight excluding hydrogens is 126 g/mol. The Kier molecular flexibility index (Phi) is 3.16. The second-order valence-electron chi connectivity index (χ2n) is 3.29. The summed E-state index contributed by atoms with van der Waals surface area (Å²) in [4.78, 5) is 0. The number of rotatable bonds is 3. The molecule has 0 aromatic carbocycles. The minimum Gasteiger partial charge on any atom is -0.381 e. The van der Waals surface area contributed by atoms with Crippen molar-refractivity contribution in [3.05, 3.63) is 0 Å². The first-order chi connectivity index (χ1) is 4.79. The van der Waals surface area contributed by atoms with Crippen LogP contribution in [-0.4, -0.2) is 25.8 Å². The SMILES string of the molecule is CC(C)NC[C@H]1CCOC1. The average molecular weight is 143 g/mol. The van der Waals surface area contributed by atoms with Crippen LogP contribution in [0.3, 0.4) is 0 Å². The van der Waals surface area contributed by atoms with Crippen LogP contribution < -0.4 is 5.32 Å². The molecular formula is C8H17NO. The maximum Gasteiger partial charge on any atom is 0.0507 e. The van der Waals surface area contributed by atoms with E-state index in [2.05, 4.69) is 19.2 Å². The highest BCUT2D eigenvalue weighted by molar-refractivity contribution is 4.67. The minimum absolute atomic E-state index is 0.612. The second kappa shape index (κ2) is 3.94. The summed E-state index contributed by atoms with van der Waals surface area (Å²) in [6.45, 7) is 7.40. The normalized spacial score (nSPS) is 26.1. The topological polar surface area (TPSA) is 21.3 Å². The highest BCUT2D eigenvalue weighted by Crippen LogP contribution is 2.10. The third-order valence-electron chi connectivity index (χ3n) is 1.84. The maximum atomic E-state index is 5.25. The Morgan fingerprint density at radius 3 is 2.90 bits per heavy atom. The van der Waals surface area contributed by atoms with E-state index in [0.29, 0.717) is 6.04 Å². The van der Waals surface area contributed by atoms with E-state index in [9.17, 15) is 0 Å². The van der Waals surface area contributed by atoms with Crippen molar-refractivity contribution in [1.82, 2.24) is 5.32 Å². The molecule has 1 heterocycles. The third kappa shape index (κ3) is 2.67. The molecule has 0 spiro atoms. The molecule has 0 saturated carbocycles. The van der Waals surface area contributed by atoms with Crippen molar-refractivity contribution in [3.8, 4) is 0 Å². The first-order valence-electron chi connectivity index (χ1n) is 4.10. The number of hydrogen-bond acceptors (Lipinski definition) is 2. The molecule has 0 bridgehead atoms. The Labute approximate surface area is 63.0 Å². The number of nitrogens with one attached hydrogen (secondary N) is 1. The fourth-order valence-electron chi connectivity index (χ4n) is 1.15. The zero-order valence-electron chi connectivity index (χ0n) is 6.89. The zero-order chi connectivity index (χ0) is 7.40. The molecule has 1 saturated heterocycles. The highest BCUT2D eigenvalue weighted by atomic mass is 16.5. The van der Waals surface area contributed by atoms with Gasteiger partial charge in [-0.25, -0.2) is 0 Å². The largest absolute Gasteiger partial charge is 0.381 e. The molecule has 2 heteroatoms. The van der Waals surface area contributed by atoms with Gasteiger partial charge in [0.05, 0.1) is 6.61 Å². The summed E-state index contributed by atoms with van der Waals surface area (Å²) in [6, 6.07) is 0.612. The number of hydrogen-bond donors (Lipinski definition) is 1. The fraction of sp³-hybridized carbons (Fsp3) is 1.00. The molecule has 1 aliphatic heterocycles. The van der Waals surface area contributed by atoms with E-state index in [0.717, 1.165) is 25.7 Å². The molecule has 1 fully saturated rings. The lowest BCUT2D eigenvalue weighted by atomic mass is 10.1. The molecule has 0 amide bonds. The predicted molar refractivity (Wildman–Crippen MR) is 42.1 cm³/mol. The smallest absolute Gasteiger partial charge is 0.0507 e. The van der Waals surface area contributed by atoms with E-state index in [1.165, 1.54) is 6.42 Å². The summed E-state index contributed by atoms with van der Waals surface area (Å²) in [7, 11) is 0. The molecule has 0 aromatic heterocycles. The van der Waals surface area contributed by atoms with Gasteiger partial charge in [0.1, 0.15) is 0 Å². The van der Waals surface area contributed by atoms with E-state index >= 15 is 0 Å². The van der Waals surface area contributed by atoms with Gasteiger partial charge in [0.2, 0.25) is 0 Å². The van der Waals surface area contributed by atoms with Gasteiger partial charge in [-0.15, -0.1) is 0 Å². The van der Waals surface area contributed by atoms with Crippen LogP contribution in [0.1, 0.15) is 20.3 Å². The second-order valence-corrected chi connectivity index (χ2v) is 3.29. The van der Waals surface area contributed by atoms with E-state index in [4.69, 9.17) is 4.74 Å². The molecule has 0 unspecified atom stereocenters. The van der Waals surface area contributed by atoms with Crippen molar-refractivity contribution >= 4 is 0 Å². The van der Waals surface area contributed by atoms with Crippen LogP contribution >= 0.6 is 0 Å². The third-order valence-corrected chi connectivity index (χ3v) is 1.84. The fourth-order valence-corrected chi connectivity index (χ4v) is 1.15. The van der Waals surface area contributed by atoms with Gasteiger partial charge in [0.15, 0.2) is 0 Å². The van der Waals surface area contributed by atoms with Crippen molar-refractivity contribution in [2.24, 2.45) is 5.92 Å². The van der Waals surface area contributed by atoms with Gasteiger partial charge in [0, 0.05) is 19.2 Å². The maximum absolute atomic E-state index is 5.25. The molecule has 60 valence electrons. The Morgan fingerprint density at radius 2 is 2.40 bits per heavy atom. The summed E-state index contributed by atoms with van der Waals surface area (Å²) in [5.74, 6) is 0.766. The molecule has 0 radical (unpaired) electrons. The Balaban J connectivity index is 2.01. The van der Waals surface area contributed by atoms with Gasteiger partial charge in [0.25, 0.3) is 0 Å². The van der Waals surface area contributed by atoms with Crippen LogP contribution in [0.25, 0.3) is 0 Å². The number of ether oxygens (including phenoxy) is 1. The minimum atomic E-state index is 0.612. The van der Waals surface area contributed by atoms with Gasteiger partial charge in [-0.1, -0.05) is 13.8 Å². The molecule has 2 nitrogen and oxygen atoms in total. The van der Waals surface area contributed by atoms with E-state index in [-0.39, 0.29) is 0 Å². The lowest BCUT2D eigenvalue weighted by molar-refractivity contribution is 0.185. The summed E-state index contributed by atoms with van der Waals surface area (Å²) >= 11 is 0. The predicted octanol–water partition coefficient (Wildman–Crippen LogP) is 1.02. The van der Waals surface area contributed by atoms with E-state index in [1.807, 2.05) is 0 Å². The van der Waals surface area contributed by atoms with Crippen molar-refractivity contribution in [2.45, 2.75) is 26.3 Å². The van der Waals surface area contributed by atoms with Crippen LogP contribution in [0.2, 0.25) is 0 Å². The molecule has 10 heavy (non-hydrogen) atoms. The highest BCUT2D eigenvalue weighted by Gasteiger charge is 2.14. The van der Waals surface area contributed by atoms with Crippen LogP contribution in [-0.2, 0) is 4.74 Å². The van der Waals surface area contributed by atoms with Crippen molar-refractivity contribution < 1.29 is 4.74 Å². The van der Waals surface area contributed by atoms with Crippen LogP contribution in [0, 0.1) is 5.92 Å².